The molecule has 136 valence electrons. The molecule has 0 atom stereocenters. The van der Waals surface area contributed by atoms with Crippen LogP contribution in [0.2, 0.25) is 0 Å². The van der Waals surface area contributed by atoms with Gasteiger partial charge in [-0.25, -0.2) is 4.98 Å². The van der Waals surface area contributed by atoms with Crippen LogP contribution in [0.25, 0.3) is 5.69 Å². The second-order valence-electron chi connectivity index (χ2n) is 6.69. The summed E-state index contributed by atoms with van der Waals surface area (Å²) in [7, 11) is 0. The van der Waals surface area contributed by atoms with E-state index in [0.717, 1.165) is 23.5 Å². The topological polar surface area (TPSA) is 90.5 Å². The van der Waals surface area contributed by atoms with Crippen molar-refractivity contribution in [3.8, 4) is 5.69 Å². The Morgan fingerprint density at radius 3 is 2.65 bits per heavy atom. The Kier molecular flexibility index (Phi) is 5.40. The highest BCUT2D eigenvalue weighted by atomic mass is 16.1. The molecule has 0 aliphatic rings. The lowest BCUT2D eigenvalue weighted by Gasteiger charge is -2.11. The predicted octanol–water partition coefficient (Wildman–Crippen LogP) is 1.68. The number of imidazole rings is 1. The number of aromatic nitrogens is 6. The molecule has 3 aromatic rings. The van der Waals surface area contributed by atoms with E-state index in [-0.39, 0.29) is 5.91 Å². The minimum atomic E-state index is -0.0198. The minimum absolute atomic E-state index is 0.0198. The molecular weight excluding hydrogens is 330 g/mol. The second-order valence-corrected chi connectivity index (χ2v) is 6.69. The summed E-state index contributed by atoms with van der Waals surface area (Å²) in [4.78, 5) is 16.4. The third kappa shape index (κ3) is 4.33. The van der Waals surface area contributed by atoms with Gasteiger partial charge in [0, 0.05) is 12.7 Å². The summed E-state index contributed by atoms with van der Waals surface area (Å²) in [5.74, 6) is 1.23. The molecule has 0 radical (unpaired) electrons. The number of rotatable bonds is 7. The Labute approximate surface area is 152 Å². The monoisotopic (exact) mass is 353 g/mol. The van der Waals surface area contributed by atoms with Gasteiger partial charge in [-0.2, -0.15) is 4.68 Å². The van der Waals surface area contributed by atoms with Crippen LogP contribution >= 0.6 is 0 Å². The summed E-state index contributed by atoms with van der Waals surface area (Å²) < 4.78 is 3.73. The fourth-order valence-corrected chi connectivity index (χ4v) is 2.72. The number of hydrogen-bond donors (Lipinski definition) is 1. The number of hydrogen-bond acceptors (Lipinski definition) is 5. The van der Waals surface area contributed by atoms with Crippen molar-refractivity contribution >= 4 is 5.91 Å². The quantitative estimate of drug-likeness (QED) is 0.698. The molecule has 0 bridgehead atoms. The third-order valence-corrected chi connectivity index (χ3v) is 4.00. The number of nitrogens with one attached hydrogen (secondary N) is 1. The third-order valence-electron chi connectivity index (χ3n) is 4.00. The van der Waals surface area contributed by atoms with Crippen LogP contribution in [-0.4, -0.2) is 35.7 Å². The van der Waals surface area contributed by atoms with E-state index in [9.17, 15) is 4.79 Å². The molecule has 0 unspecified atom stereocenters. The zero-order chi connectivity index (χ0) is 18.5. The maximum absolute atomic E-state index is 12.2. The lowest BCUT2D eigenvalue weighted by molar-refractivity contribution is -0.120. The van der Waals surface area contributed by atoms with Crippen molar-refractivity contribution in [3.05, 3.63) is 53.9 Å². The highest BCUT2D eigenvalue weighted by Gasteiger charge is 2.08. The predicted molar refractivity (Wildman–Crippen MR) is 96.5 cm³/mol. The first-order valence-electron chi connectivity index (χ1n) is 8.63. The van der Waals surface area contributed by atoms with Gasteiger partial charge in [-0.3, -0.25) is 4.79 Å². The van der Waals surface area contributed by atoms with Crippen LogP contribution in [0.4, 0.5) is 0 Å². The van der Waals surface area contributed by atoms with Gasteiger partial charge in [0.15, 0.2) is 5.82 Å². The number of amides is 1. The second kappa shape index (κ2) is 7.90. The Balaban J connectivity index is 1.55. The zero-order valence-electron chi connectivity index (χ0n) is 15.3. The lowest BCUT2D eigenvalue weighted by atomic mass is 10.1. The van der Waals surface area contributed by atoms with Gasteiger partial charge < -0.3 is 9.88 Å². The number of nitrogens with zero attached hydrogens (tertiary/aromatic N) is 6. The number of aryl methyl sites for hydroxylation is 1. The van der Waals surface area contributed by atoms with Crippen molar-refractivity contribution in [1.29, 1.82) is 0 Å². The van der Waals surface area contributed by atoms with E-state index in [0.29, 0.717) is 24.7 Å². The van der Waals surface area contributed by atoms with Crippen molar-refractivity contribution in [2.75, 3.05) is 0 Å². The van der Waals surface area contributed by atoms with Gasteiger partial charge in [-0.15, -0.1) is 5.10 Å². The lowest BCUT2D eigenvalue weighted by Crippen LogP contribution is -2.26. The Morgan fingerprint density at radius 1 is 1.23 bits per heavy atom. The molecule has 0 fully saturated rings. The summed E-state index contributed by atoms with van der Waals surface area (Å²) in [6.07, 6.45) is 3.93. The normalized spacial score (nSPS) is 11.1. The van der Waals surface area contributed by atoms with Gasteiger partial charge in [0.1, 0.15) is 0 Å². The van der Waals surface area contributed by atoms with Crippen molar-refractivity contribution in [2.24, 2.45) is 5.92 Å². The molecule has 1 aromatic carbocycles. The smallest absolute Gasteiger partial charge is 0.224 e. The van der Waals surface area contributed by atoms with Crippen LogP contribution in [0.5, 0.6) is 0 Å². The Hall–Kier alpha value is -3.03. The number of carbonyl (C=O) groups excluding carboxylic acids is 1. The average molecular weight is 353 g/mol. The largest absolute Gasteiger partial charge is 0.350 e. The minimum Gasteiger partial charge on any atom is -0.350 e. The summed E-state index contributed by atoms with van der Waals surface area (Å²) in [5.41, 5.74) is 2.82. The van der Waals surface area contributed by atoms with Gasteiger partial charge in [-0.05, 0) is 41.0 Å². The average Bonchev–Trinajstić information content (AvgIpc) is 3.22. The van der Waals surface area contributed by atoms with E-state index in [1.807, 2.05) is 31.2 Å². The zero-order valence-corrected chi connectivity index (χ0v) is 15.3. The van der Waals surface area contributed by atoms with Crippen LogP contribution in [0, 0.1) is 12.8 Å². The molecule has 0 saturated heterocycles. The standard InChI is InChI=1S/C18H23N7O/c1-13(2)11-24-12-19-9-17(24)10-20-18(26)8-15-4-6-16(7-5-15)25-14(3)21-22-23-25/h4-7,9,12-13H,8,10-11H2,1-3H3,(H,20,26). The van der Waals surface area contributed by atoms with Gasteiger partial charge in [-0.1, -0.05) is 26.0 Å². The molecule has 0 aliphatic carbocycles. The Bertz CT molecular complexity index is 864. The fraction of sp³-hybridized carbons (Fsp3) is 0.389. The molecule has 1 amide bonds. The van der Waals surface area contributed by atoms with Gasteiger partial charge in [0.2, 0.25) is 5.91 Å². The van der Waals surface area contributed by atoms with E-state index < -0.39 is 0 Å². The highest BCUT2D eigenvalue weighted by molar-refractivity contribution is 5.78. The molecule has 1 N–H and O–H groups in total. The Morgan fingerprint density at radius 2 is 2.00 bits per heavy atom. The molecule has 8 heteroatoms. The first kappa shape index (κ1) is 17.8. The van der Waals surface area contributed by atoms with Crippen LogP contribution in [0.3, 0.4) is 0 Å². The van der Waals surface area contributed by atoms with E-state index in [4.69, 9.17) is 0 Å². The molecule has 2 aromatic heterocycles. The maximum atomic E-state index is 12.2. The summed E-state index contributed by atoms with van der Waals surface area (Å²) in [6, 6.07) is 7.64. The number of carbonyl (C=O) groups is 1. The van der Waals surface area contributed by atoms with Crippen LogP contribution in [-0.2, 0) is 24.3 Å². The van der Waals surface area contributed by atoms with Gasteiger partial charge in [0.25, 0.3) is 0 Å². The van der Waals surface area contributed by atoms with Gasteiger partial charge >= 0.3 is 0 Å². The number of benzene rings is 1. The summed E-state index contributed by atoms with van der Waals surface area (Å²) in [5, 5.41) is 14.4. The molecular formula is C18H23N7O. The van der Waals surface area contributed by atoms with Crippen molar-refractivity contribution in [1.82, 2.24) is 35.1 Å². The molecule has 0 saturated carbocycles. The van der Waals surface area contributed by atoms with E-state index in [1.54, 1.807) is 17.2 Å². The van der Waals surface area contributed by atoms with Gasteiger partial charge in [0.05, 0.1) is 30.7 Å². The number of tetrazole rings is 1. The van der Waals surface area contributed by atoms with E-state index in [2.05, 4.69) is 44.2 Å². The first-order chi connectivity index (χ1) is 12.5. The molecule has 8 nitrogen and oxygen atoms in total. The highest BCUT2D eigenvalue weighted by Crippen LogP contribution is 2.10. The van der Waals surface area contributed by atoms with E-state index >= 15 is 0 Å². The molecule has 0 spiro atoms. The molecule has 0 aliphatic heterocycles. The van der Waals surface area contributed by atoms with Crippen LogP contribution in [0.15, 0.2) is 36.8 Å². The van der Waals surface area contributed by atoms with Crippen LogP contribution < -0.4 is 5.32 Å². The molecule has 26 heavy (non-hydrogen) atoms. The SMILES string of the molecule is Cc1nnnn1-c1ccc(CC(=O)NCc2cncn2CC(C)C)cc1. The van der Waals surface area contributed by atoms with E-state index in [1.165, 1.54) is 0 Å². The fourth-order valence-electron chi connectivity index (χ4n) is 2.72. The summed E-state index contributed by atoms with van der Waals surface area (Å²) in [6.45, 7) is 7.52. The van der Waals surface area contributed by atoms with Crippen molar-refractivity contribution in [3.63, 3.8) is 0 Å². The molecule has 2 heterocycles. The van der Waals surface area contributed by atoms with Crippen molar-refractivity contribution < 1.29 is 4.79 Å². The van der Waals surface area contributed by atoms with Crippen LogP contribution in [0.1, 0.15) is 30.9 Å². The molecule has 3 rings (SSSR count). The maximum Gasteiger partial charge on any atom is 0.224 e. The van der Waals surface area contributed by atoms with Crippen molar-refractivity contribution in [2.45, 2.75) is 40.3 Å². The summed E-state index contributed by atoms with van der Waals surface area (Å²) >= 11 is 0. The first-order valence-corrected chi connectivity index (χ1v) is 8.63.